The summed E-state index contributed by atoms with van der Waals surface area (Å²) in [5.41, 5.74) is 0.641. The number of carbonyl (C=O) groups excluding carboxylic acids is 2. The molecule has 0 aliphatic carbocycles. The quantitative estimate of drug-likeness (QED) is 0.820. The van der Waals surface area contributed by atoms with Crippen molar-refractivity contribution in [3.63, 3.8) is 0 Å². The number of hydrogen-bond acceptors (Lipinski definition) is 3. The molecule has 0 unspecified atom stereocenters. The molecule has 126 valence electrons. The van der Waals surface area contributed by atoms with E-state index < -0.39 is 5.41 Å². The van der Waals surface area contributed by atoms with E-state index in [1.807, 2.05) is 45.0 Å². The van der Waals surface area contributed by atoms with Crippen LogP contribution in [0.4, 0.5) is 0 Å². The highest BCUT2D eigenvalue weighted by Crippen LogP contribution is 2.31. The highest BCUT2D eigenvalue weighted by Gasteiger charge is 2.23. The van der Waals surface area contributed by atoms with Crippen LogP contribution >= 0.6 is 0 Å². The van der Waals surface area contributed by atoms with Crippen molar-refractivity contribution < 1.29 is 14.3 Å². The molecule has 1 aromatic rings. The fourth-order valence-electron chi connectivity index (χ4n) is 2.47. The van der Waals surface area contributed by atoms with Gasteiger partial charge in [-0.25, -0.2) is 0 Å². The molecule has 5 nitrogen and oxygen atoms in total. The summed E-state index contributed by atoms with van der Waals surface area (Å²) in [6, 6.07) is 7.81. The molecule has 0 aromatic heterocycles. The van der Waals surface area contributed by atoms with Gasteiger partial charge in [0.05, 0.1) is 12.6 Å². The second-order valence-corrected chi connectivity index (χ2v) is 6.90. The predicted molar refractivity (Wildman–Crippen MR) is 89.1 cm³/mol. The Morgan fingerprint density at radius 3 is 2.74 bits per heavy atom. The molecule has 0 fully saturated rings. The second-order valence-electron chi connectivity index (χ2n) is 6.90. The molecular weight excluding hydrogens is 292 g/mol. The lowest BCUT2D eigenvalue weighted by Gasteiger charge is -2.26. The first kappa shape index (κ1) is 17.3. The van der Waals surface area contributed by atoms with Gasteiger partial charge < -0.3 is 15.4 Å². The average Bonchev–Trinajstić information content (AvgIpc) is 2.51. The molecule has 1 atom stereocenters. The average molecular weight is 318 g/mol. The molecule has 5 heteroatoms. The summed E-state index contributed by atoms with van der Waals surface area (Å²) in [6.07, 6.45) is 1.83. The van der Waals surface area contributed by atoms with Crippen LogP contribution in [0.2, 0.25) is 0 Å². The maximum absolute atomic E-state index is 12.1. The van der Waals surface area contributed by atoms with Crippen LogP contribution in [0.15, 0.2) is 24.3 Å². The van der Waals surface area contributed by atoms with E-state index >= 15 is 0 Å². The van der Waals surface area contributed by atoms with E-state index in [0.717, 1.165) is 17.7 Å². The minimum atomic E-state index is -0.395. The van der Waals surface area contributed by atoms with Crippen molar-refractivity contribution in [1.29, 1.82) is 0 Å². The van der Waals surface area contributed by atoms with E-state index in [1.54, 1.807) is 0 Å². The highest BCUT2D eigenvalue weighted by atomic mass is 16.5. The van der Waals surface area contributed by atoms with Crippen LogP contribution < -0.4 is 15.4 Å². The molecular formula is C18H26N2O3. The molecule has 0 radical (unpaired) electrons. The zero-order chi connectivity index (χ0) is 16.9. The Hall–Kier alpha value is -2.04. The van der Waals surface area contributed by atoms with Gasteiger partial charge in [0.1, 0.15) is 5.75 Å². The van der Waals surface area contributed by atoms with Crippen LogP contribution in [0.3, 0.4) is 0 Å². The number of amides is 2. The topological polar surface area (TPSA) is 67.4 Å². The van der Waals surface area contributed by atoms with Gasteiger partial charge in [0, 0.05) is 30.4 Å². The summed E-state index contributed by atoms with van der Waals surface area (Å²) in [5, 5.41) is 5.92. The van der Waals surface area contributed by atoms with Crippen LogP contribution in [0.1, 0.15) is 51.6 Å². The standard InChI is InChI=1S/C18H26N2O3/c1-18(2,3)17(22)19-11-6-9-16(21)20-14-10-12-23-15-8-5-4-7-13(14)15/h4-5,7-8,14H,6,9-12H2,1-3H3,(H,19,22)(H,20,21)/t14-/m1/s1. The van der Waals surface area contributed by atoms with E-state index in [1.165, 1.54) is 0 Å². The van der Waals surface area contributed by atoms with Crippen LogP contribution in [0, 0.1) is 5.41 Å². The molecule has 2 N–H and O–H groups in total. The molecule has 0 saturated carbocycles. The van der Waals surface area contributed by atoms with Crippen LogP contribution in [-0.2, 0) is 9.59 Å². The minimum absolute atomic E-state index is 0.0104. The lowest BCUT2D eigenvalue weighted by atomic mass is 9.96. The zero-order valence-electron chi connectivity index (χ0n) is 14.1. The van der Waals surface area contributed by atoms with Crippen molar-refractivity contribution in [3.05, 3.63) is 29.8 Å². The molecule has 0 saturated heterocycles. The molecule has 0 spiro atoms. The van der Waals surface area contributed by atoms with Crippen molar-refractivity contribution in [3.8, 4) is 5.75 Å². The molecule has 23 heavy (non-hydrogen) atoms. The fourth-order valence-corrected chi connectivity index (χ4v) is 2.47. The third kappa shape index (κ3) is 4.98. The Morgan fingerprint density at radius 1 is 1.26 bits per heavy atom. The molecule has 1 aromatic carbocycles. The molecule has 0 bridgehead atoms. The third-order valence-electron chi connectivity index (χ3n) is 3.84. The predicted octanol–water partition coefficient (Wildman–Crippen LogP) is 2.57. The largest absolute Gasteiger partial charge is 0.493 e. The normalized spacial score (nSPS) is 16.9. The first-order chi connectivity index (χ1) is 10.9. The van der Waals surface area contributed by atoms with Gasteiger partial charge in [-0.3, -0.25) is 9.59 Å². The minimum Gasteiger partial charge on any atom is -0.493 e. The fraction of sp³-hybridized carbons (Fsp3) is 0.556. The smallest absolute Gasteiger partial charge is 0.225 e. The number of benzene rings is 1. The summed E-state index contributed by atoms with van der Waals surface area (Å²) in [4.78, 5) is 23.8. The van der Waals surface area contributed by atoms with Crippen molar-refractivity contribution in [1.82, 2.24) is 10.6 Å². The van der Waals surface area contributed by atoms with Crippen LogP contribution in [0.25, 0.3) is 0 Å². The van der Waals surface area contributed by atoms with E-state index in [9.17, 15) is 9.59 Å². The van der Waals surface area contributed by atoms with E-state index in [2.05, 4.69) is 10.6 Å². The number of rotatable bonds is 5. The summed E-state index contributed by atoms with van der Waals surface area (Å²) in [6.45, 7) is 6.75. The molecule has 1 heterocycles. The van der Waals surface area contributed by atoms with Crippen molar-refractivity contribution in [2.24, 2.45) is 5.41 Å². The van der Waals surface area contributed by atoms with Gasteiger partial charge in [0.2, 0.25) is 11.8 Å². The van der Waals surface area contributed by atoms with Gasteiger partial charge in [-0.2, -0.15) is 0 Å². The number of para-hydroxylation sites is 1. The molecule has 2 rings (SSSR count). The summed E-state index contributed by atoms with van der Waals surface area (Å²) >= 11 is 0. The Morgan fingerprint density at radius 2 is 2.00 bits per heavy atom. The molecule has 2 amide bonds. The van der Waals surface area contributed by atoms with Gasteiger partial charge in [0.25, 0.3) is 0 Å². The Labute approximate surface area is 137 Å². The Balaban J connectivity index is 1.75. The monoisotopic (exact) mass is 318 g/mol. The molecule has 1 aliphatic heterocycles. The van der Waals surface area contributed by atoms with Crippen LogP contribution in [-0.4, -0.2) is 25.0 Å². The summed E-state index contributed by atoms with van der Waals surface area (Å²) in [7, 11) is 0. The Kier molecular flexibility index (Phi) is 5.64. The first-order valence-corrected chi connectivity index (χ1v) is 8.17. The number of fused-ring (bicyclic) bond motifs is 1. The van der Waals surface area contributed by atoms with Crippen molar-refractivity contribution in [2.45, 2.75) is 46.1 Å². The van der Waals surface area contributed by atoms with Gasteiger partial charge in [-0.15, -0.1) is 0 Å². The first-order valence-electron chi connectivity index (χ1n) is 8.17. The maximum Gasteiger partial charge on any atom is 0.225 e. The lowest BCUT2D eigenvalue weighted by Crippen LogP contribution is -2.36. The van der Waals surface area contributed by atoms with E-state index in [0.29, 0.717) is 26.0 Å². The highest BCUT2D eigenvalue weighted by molar-refractivity contribution is 5.81. The van der Waals surface area contributed by atoms with Gasteiger partial charge in [-0.05, 0) is 12.5 Å². The summed E-state index contributed by atoms with van der Waals surface area (Å²) < 4.78 is 5.59. The van der Waals surface area contributed by atoms with Crippen molar-refractivity contribution >= 4 is 11.8 Å². The van der Waals surface area contributed by atoms with Gasteiger partial charge >= 0.3 is 0 Å². The number of ether oxygens (including phenoxy) is 1. The summed E-state index contributed by atoms with van der Waals surface area (Å²) in [5.74, 6) is 0.870. The van der Waals surface area contributed by atoms with Crippen molar-refractivity contribution in [2.75, 3.05) is 13.2 Å². The van der Waals surface area contributed by atoms with Gasteiger partial charge in [0.15, 0.2) is 0 Å². The third-order valence-corrected chi connectivity index (χ3v) is 3.84. The number of nitrogens with one attached hydrogen (secondary N) is 2. The van der Waals surface area contributed by atoms with E-state index in [-0.39, 0.29) is 17.9 Å². The van der Waals surface area contributed by atoms with E-state index in [4.69, 9.17) is 4.74 Å². The second kappa shape index (κ2) is 7.49. The SMILES string of the molecule is CC(C)(C)C(=O)NCCCC(=O)N[C@@H]1CCOc2ccccc21. The Bertz CT molecular complexity index is 564. The number of carbonyl (C=O) groups is 2. The molecule has 1 aliphatic rings. The maximum atomic E-state index is 12.1. The van der Waals surface area contributed by atoms with Crippen LogP contribution in [0.5, 0.6) is 5.75 Å². The zero-order valence-corrected chi connectivity index (χ0v) is 14.1. The lowest BCUT2D eigenvalue weighted by molar-refractivity contribution is -0.128. The van der Waals surface area contributed by atoms with Gasteiger partial charge in [-0.1, -0.05) is 39.0 Å². The number of hydrogen-bond donors (Lipinski definition) is 2.